The van der Waals surface area contributed by atoms with Crippen molar-refractivity contribution in [3.05, 3.63) is 80.1 Å². The second-order valence-electron chi connectivity index (χ2n) is 9.60. The van der Waals surface area contributed by atoms with Crippen molar-refractivity contribution in [1.82, 2.24) is 16.0 Å². The number of amides is 3. The molecule has 0 spiro atoms. The number of nitrogens with one attached hydrogen (secondary N) is 3. The predicted octanol–water partition coefficient (Wildman–Crippen LogP) is 4.33. The average molecular weight is 652 g/mol. The van der Waals surface area contributed by atoms with Crippen molar-refractivity contribution in [3.8, 4) is 0 Å². The first-order valence-electron chi connectivity index (χ1n) is 13.5. The van der Waals surface area contributed by atoms with Gasteiger partial charge in [-0.15, -0.1) is 0 Å². The largest absolute Gasteiger partial charge is 0.464 e. The molecule has 222 valence electrons. The second kappa shape index (κ2) is 14.0. The van der Waals surface area contributed by atoms with E-state index in [1.807, 2.05) is 18.2 Å². The van der Waals surface area contributed by atoms with Gasteiger partial charge in [-0.25, -0.2) is 4.79 Å². The highest BCUT2D eigenvalue weighted by molar-refractivity contribution is 8.35. The molecule has 2 aliphatic rings. The van der Waals surface area contributed by atoms with Gasteiger partial charge in [0.2, 0.25) is 11.8 Å². The Labute approximate surface area is 265 Å². The molecule has 3 aromatic rings. The van der Waals surface area contributed by atoms with Crippen LogP contribution >= 0.6 is 47.0 Å². The fraction of sp³-hybridized carbons (Fsp3) is 0.226. The highest BCUT2D eigenvalue weighted by Gasteiger charge is 2.21. The molecule has 43 heavy (non-hydrogen) atoms. The average Bonchev–Trinajstić information content (AvgIpc) is 3.73. The highest BCUT2D eigenvalue weighted by Crippen LogP contribution is 2.41. The zero-order valence-electron chi connectivity index (χ0n) is 23.6. The van der Waals surface area contributed by atoms with Gasteiger partial charge in [0.25, 0.3) is 5.91 Å². The van der Waals surface area contributed by atoms with Gasteiger partial charge in [-0.1, -0.05) is 77.4 Å². The van der Waals surface area contributed by atoms with E-state index in [0.717, 1.165) is 36.2 Å². The summed E-state index contributed by atoms with van der Waals surface area (Å²) in [6, 6.07) is 12.3. The van der Waals surface area contributed by atoms with Crippen LogP contribution in [0.3, 0.4) is 0 Å². The van der Waals surface area contributed by atoms with Crippen LogP contribution in [0.5, 0.6) is 0 Å². The van der Waals surface area contributed by atoms with Crippen LogP contribution in [0.2, 0.25) is 0 Å². The van der Waals surface area contributed by atoms with Gasteiger partial charge in [0.15, 0.2) is 0 Å². The third-order valence-electron chi connectivity index (χ3n) is 6.69. The zero-order valence-corrected chi connectivity index (χ0v) is 26.9. The van der Waals surface area contributed by atoms with Gasteiger partial charge < -0.3 is 20.7 Å². The van der Waals surface area contributed by atoms with Gasteiger partial charge in [0, 0.05) is 16.0 Å². The Morgan fingerprint density at radius 3 is 1.88 bits per heavy atom. The maximum atomic E-state index is 13.4. The minimum Gasteiger partial charge on any atom is -0.464 e. The summed E-state index contributed by atoms with van der Waals surface area (Å²) in [6.45, 7) is 4.59. The molecular formula is C31H29N3O5S4. The van der Waals surface area contributed by atoms with Gasteiger partial charge >= 0.3 is 5.97 Å². The molecular weight excluding hydrogens is 623 g/mol. The molecule has 0 unspecified atom stereocenters. The standard InChI is InChI=1S/C31H29N3O5S4/c1-4-39-29(38)18(3)33-24(35)16-32-27(36)17(2)34-28(37)19-9-10-22-23(15-19)26(31-42-13-14-43-31)21-8-6-5-7-20(21)25(22)30-40-11-12-41-30/h5-15,17-18H,4,16H2,1-3H3,(H,32,36)(H,33,35)(H,34,37)/t17-,18-/m0/s1. The third-order valence-corrected chi connectivity index (χ3v) is 10.9. The lowest BCUT2D eigenvalue weighted by Crippen LogP contribution is -2.49. The van der Waals surface area contributed by atoms with Crippen LogP contribution < -0.4 is 26.4 Å². The monoisotopic (exact) mass is 651 g/mol. The number of thioether (sulfide) groups is 4. The van der Waals surface area contributed by atoms with Crippen molar-refractivity contribution in [1.29, 1.82) is 0 Å². The van der Waals surface area contributed by atoms with E-state index in [1.165, 1.54) is 11.2 Å². The summed E-state index contributed by atoms with van der Waals surface area (Å²) in [6.07, 6.45) is 0. The Balaban J connectivity index is 1.41. The molecule has 3 amide bonds. The van der Waals surface area contributed by atoms with Crippen LogP contribution in [0.15, 0.2) is 64.1 Å². The Morgan fingerprint density at radius 2 is 1.30 bits per heavy atom. The van der Waals surface area contributed by atoms with Gasteiger partial charge in [0.1, 0.15) is 12.1 Å². The van der Waals surface area contributed by atoms with E-state index in [4.69, 9.17) is 4.74 Å². The van der Waals surface area contributed by atoms with E-state index >= 15 is 0 Å². The first-order chi connectivity index (χ1) is 20.8. The molecule has 3 aromatic carbocycles. The topological polar surface area (TPSA) is 114 Å². The lowest BCUT2D eigenvalue weighted by Gasteiger charge is -2.16. The van der Waals surface area contributed by atoms with Gasteiger partial charge in [-0.05, 0) is 76.1 Å². The number of hydrogen-bond donors (Lipinski definition) is 3. The molecule has 3 N–H and O–H groups in total. The van der Waals surface area contributed by atoms with Crippen molar-refractivity contribution in [3.63, 3.8) is 0 Å². The van der Waals surface area contributed by atoms with Crippen molar-refractivity contribution in [2.45, 2.75) is 32.9 Å². The van der Waals surface area contributed by atoms with Crippen LogP contribution in [0.1, 0.15) is 31.1 Å². The Hall–Kier alpha value is -3.32. The number of rotatable bonds is 8. The molecule has 12 heteroatoms. The van der Waals surface area contributed by atoms with Crippen LogP contribution in [-0.2, 0) is 19.1 Å². The van der Waals surface area contributed by atoms with Gasteiger partial charge in [0.05, 0.1) is 21.6 Å². The number of carbonyl (C=O) groups excluding carboxylic acids is 4. The molecule has 0 fully saturated rings. The molecule has 0 aromatic heterocycles. The Kier molecular flexibility index (Phi) is 10.1. The molecule has 2 aliphatic heterocycles. The van der Waals surface area contributed by atoms with E-state index in [9.17, 15) is 19.2 Å². The fourth-order valence-corrected chi connectivity index (χ4v) is 8.54. The van der Waals surface area contributed by atoms with Crippen LogP contribution in [-0.4, -0.2) is 48.9 Å². The van der Waals surface area contributed by atoms with E-state index in [-0.39, 0.29) is 13.2 Å². The quantitative estimate of drug-likeness (QED) is 0.242. The number of hydrogen-bond acceptors (Lipinski definition) is 9. The Bertz CT molecular complexity index is 1800. The van der Waals surface area contributed by atoms with Gasteiger partial charge in [-0.3, -0.25) is 14.4 Å². The SMILES string of the molecule is CCOC(=O)[C@H](C)NC(=O)CNC(=O)[C@H](C)NC(=O)c1ccc2c(=C3SC=CS3)c3ccccc3c(=C3SC=CS3)c2c1. The molecule has 5 rings (SSSR count). The molecule has 0 saturated carbocycles. The van der Waals surface area contributed by atoms with Crippen molar-refractivity contribution >= 4 is 101 Å². The number of fused-ring (bicyclic) bond motifs is 2. The highest BCUT2D eigenvalue weighted by atomic mass is 32.2. The van der Waals surface area contributed by atoms with E-state index < -0.39 is 35.8 Å². The fourth-order valence-electron chi connectivity index (χ4n) is 4.69. The number of carbonyl (C=O) groups is 4. The first-order valence-corrected chi connectivity index (χ1v) is 17.0. The first kappa shape index (κ1) is 31.1. The molecule has 0 aliphatic carbocycles. The molecule has 2 heterocycles. The lowest BCUT2D eigenvalue weighted by atomic mass is 9.97. The number of benzene rings is 3. The Morgan fingerprint density at radius 1 is 0.744 bits per heavy atom. The summed E-state index contributed by atoms with van der Waals surface area (Å²) < 4.78 is 7.20. The van der Waals surface area contributed by atoms with Crippen molar-refractivity contribution < 1.29 is 23.9 Å². The van der Waals surface area contributed by atoms with Gasteiger partial charge in [-0.2, -0.15) is 0 Å². The van der Waals surface area contributed by atoms with Crippen LogP contribution in [0.25, 0.3) is 30.0 Å². The minimum absolute atomic E-state index is 0.201. The summed E-state index contributed by atoms with van der Waals surface area (Å²) in [5.74, 6) is -2.03. The number of esters is 1. The van der Waals surface area contributed by atoms with E-state index in [0.29, 0.717) is 5.56 Å². The number of ether oxygens (including phenoxy) is 1. The molecule has 0 bridgehead atoms. The second-order valence-corrected chi connectivity index (χ2v) is 13.8. The maximum absolute atomic E-state index is 13.4. The third kappa shape index (κ3) is 6.93. The van der Waals surface area contributed by atoms with Crippen molar-refractivity contribution in [2.24, 2.45) is 0 Å². The predicted molar refractivity (Wildman–Crippen MR) is 180 cm³/mol. The summed E-state index contributed by atoms with van der Waals surface area (Å²) in [4.78, 5) is 50.0. The van der Waals surface area contributed by atoms with Crippen LogP contribution in [0, 0.1) is 0 Å². The molecule has 8 nitrogen and oxygen atoms in total. The van der Waals surface area contributed by atoms with Crippen molar-refractivity contribution in [2.75, 3.05) is 13.2 Å². The molecule has 0 saturated heterocycles. The summed E-state index contributed by atoms with van der Waals surface area (Å²) in [7, 11) is 0. The molecule has 2 atom stereocenters. The summed E-state index contributed by atoms with van der Waals surface area (Å²) in [5.41, 5.74) is 0.423. The summed E-state index contributed by atoms with van der Waals surface area (Å²) >= 11 is 6.72. The smallest absolute Gasteiger partial charge is 0.328 e. The normalized spacial score (nSPS) is 15.5. The van der Waals surface area contributed by atoms with E-state index in [1.54, 1.807) is 67.0 Å². The lowest BCUT2D eigenvalue weighted by molar-refractivity contribution is -0.146. The molecule has 0 radical (unpaired) electrons. The van der Waals surface area contributed by atoms with Crippen LogP contribution in [0.4, 0.5) is 0 Å². The van der Waals surface area contributed by atoms with E-state index in [2.05, 4.69) is 55.8 Å². The minimum atomic E-state index is -0.905. The zero-order chi connectivity index (χ0) is 30.5. The summed E-state index contributed by atoms with van der Waals surface area (Å²) in [5, 5.41) is 22.5. The maximum Gasteiger partial charge on any atom is 0.328 e.